The molecule has 0 saturated heterocycles. The van der Waals surface area contributed by atoms with Gasteiger partial charge in [0.15, 0.2) is 0 Å². The molecular formula is C12H18O4. The summed E-state index contributed by atoms with van der Waals surface area (Å²) in [5, 5.41) is 0. The summed E-state index contributed by atoms with van der Waals surface area (Å²) in [6.07, 6.45) is 4.19. The lowest BCUT2D eigenvalue weighted by Crippen LogP contribution is -2.18. The number of hydrogen-bond acceptors (Lipinski definition) is 4. The number of carbonyl (C=O) groups excluding carboxylic acids is 3. The molecule has 0 spiro atoms. The largest absolute Gasteiger partial charge is 0.469 e. The van der Waals surface area contributed by atoms with Crippen LogP contribution in [0.1, 0.15) is 44.9 Å². The molecule has 1 rings (SSSR count). The molecule has 0 N–H and O–H groups in total. The lowest BCUT2D eigenvalue weighted by Gasteiger charge is -2.06. The maximum atomic E-state index is 11.6. The van der Waals surface area contributed by atoms with Crippen LogP contribution in [0, 0.1) is 5.92 Å². The molecule has 1 unspecified atom stereocenters. The molecule has 90 valence electrons. The number of Topliss-reactive ketones (excluding diaryl/α,β-unsaturated/α-hetero) is 2. The second-order valence-electron chi connectivity index (χ2n) is 4.16. The Morgan fingerprint density at radius 2 is 2.00 bits per heavy atom. The van der Waals surface area contributed by atoms with Gasteiger partial charge in [0.05, 0.1) is 13.0 Å². The zero-order chi connectivity index (χ0) is 12.0. The SMILES string of the molecule is COC(=O)CCCCC(=O)C1CCCC1=O. The van der Waals surface area contributed by atoms with E-state index in [-0.39, 0.29) is 23.5 Å². The van der Waals surface area contributed by atoms with Crippen molar-refractivity contribution in [1.29, 1.82) is 0 Å². The van der Waals surface area contributed by atoms with Crippen LogP contribution in [0.4, 0.5) is 0 Å². The van der Waals surface area contributed by atoms with Gasteiger partial charge < -0.3 is 4.74 Å². The summed E-state index contributed by atoms with van der Waals surface area (Å²) < 4.78 is 4.50. The molecule has 1 saturated carbocycles. The van der Waals surface area contributed by atoms with Crippen LogP contribution in [0.3, 0.4) is 0 Å². The molecule has 0 aromatic rings. The molecular weight excluding hydrogens is 208 g/mol. The fourth-order valence-corrected chi connectivity index (χ4v) is 2.00. The summed E-state index contributed by atoms with van der Waals surface area (Å²) >= 11 is 0. The van der Waals surface area contributed by atoms with E-state index in [4.69, 9.17) is 0 Å². The van der Waals surface area contributed by atoms with Crippen molar-refractivity contribution in [1.82, 2.24) is 0 Å². The maximum Gasteiger partial charge on any atom is 0.305 e. The summed E-state index contributed by atoms with van der Waals surface area (Å²) in [5.41, 5.74) is 0. The first-order chi connectivity index (χ1) is 7.65. The van der Waals surface area contributed by atoms with Crippen LogP contribution in [0.25, 0.3) is 0 Å². The third-order valence-electron chi connectivity index (χ3n) is 2.98. The van der Waals surface area contributed by atoms with Gasteiger partial charge in [-0.1, -0.05) is 0 Å². The molecule has 0 heterocycles. The topological polar surface area (TPSA) is 60.4 Å². The van der Waals surface area contributed by atoms with E-state index in [2.05, 4.69) is 4.74 Å². The smallest absolute Gasteiger partial charge is 0.305 e. The summed E-state index contributed by atoms with van der Waals surface area (Å²) in [6.45, 7) is 0. The van der Waals surface area contributed by atoms with E-state index in [1.54, 1.807) is 0 Å². The van der Waals surface area contributed by atoms with Gasteiger partial charge in [0, 0.05) is 19.3 Å². The minimum absolute atomic E-state index is 0.0485. The van der Waals surface area contributed by atoms with E-state index in [1.165, 1.54) is 7.11 Å². The number of carbonyl (C=O) groups is 3. The Kier molecular flexibility index (Phi) is 5.15. The molecule has 0 radical (unpaired) electrons. The second-order valence-corrected chi connectivity index (χ2v) is 4.16. The van der Waals surface area contributed by atoms with E-state index in [0.717, 1.165) is 6.42 Å². The molecule has 4 heteroatoms. The van der Waals surface area contributed by atoms with Crippen molar-refractivity contribution in [2.24, 2.45) is 5.92 Å². The number of ketones is 2. The minimum atomic E-state index is -0.349. The van der Waals surface area contributed by atoms with Crippen LogP contribution in [0.15, 0.2) is 0 Å². The van der Waals surface area contributed by atoms with Gasteiger partial charge in [0.1, 0.15) is 11.6 Å². The summed E-state index contributed by atoms with van der Waals surface area (Å²) in [4.78, 5) is 33.7. The van der Waals surface area contributed by atoms with Crippen LogP contribution in [0.5, 0.6) is 0 Å². The predicted octanol–water partition coefficient (Wildman–Crippen LogP) is 1.66. The van der Waals surface area contributed by atoms with Gasteiger partial charge in [0.2, 0.25) is 0 Å². The Morgan fingerprint density at radius 1 is 1.31 bits per heavy atom. The molecule has 1 aliphatic carbocycles. The highest BCUT2D eigenvalue weighted by Gasteiger charge is 2.29. The fourth-order valence-electron chi connectivity index (χ4n) is 2.00. The van der Waals surface area contributed by atoms with Gasteiger partial charge in [-0.15, -0.1) is 0 Å². The first-order valence-corrected chi connectivity index (χ1v) is 5.77. The Hall–Kier alpha value is -1.19. The maximum absolute atomic E-state index is 11.6. The van der Waals surface area contributed by atoms with Crippen LogP contribution in [-0.4, -0.2) is 24.6 Å². The van der Waals surface area contributed by atoms with E-state index >= 15 is 0 Å². The molecule has 1 atom stereocenters. The Bertz CT molecular complexity index is 283. The first kappa shape index (κ1) is 12.9. The number of esters is 1. The summed E-state index contributed by atoms with van der Waals surface area (Å²) in [6, 6.07) is 0. The highest BCUT2D eigenvalue weighted by Crippen LogP contribution is 2.23. The number of ether oxygens (including phenoxy) is 1. The van der Waals surface area contributed by atoms with Crippen molar-refractivity contribution in [2.75, 3.05) is 7.11 Å². The molecule has 0 aliphatic heterocycles. The molecule has 0 amide bonds. The number of unbranched alkanes of at least 4 members (excludes halogenated alkanes) is 1. The van der Waals surface area contributed by atoms with Crippen LogP contribution in [-0.2, 0) is 19.1 Å². The third-order valence-corrected chi connectivity index (χ3v) is 2.98. The normalized spacial score (nSPS) is 19.8. The zero-order valence-corrected chi connectivity index (χ0v) is 9.66. The van der Waals surface area contributed by atoms with E-state index in [1.807, 2.05) is 0 Å². The monoisotopic (exact) mass is 226 g/mol. The highest BCUT2D eigenvalue weighted by molar-refractivity contribution is 6.03. The molecule has 0 aromatic heterocycles. The van der Waals surface area contributed by atoms with Gasteiger partial charge in [-0.2, -0.15) is 0 Å². The van der Waals surface area contributed by atoms with Crippen LogP contribution >= 0.6 is 0 Å². The van der Waals surface area contributed by atoms with Gasteiger partial charge in [-0.3, -0.25) is 14.4 Å². The predicted molar refractivity (Wildman–Crippen MR) is 57.8 cm³/mol. The van der Waals surface area contributed by atoms with E-state index in [0.29, 0.717) is 38.5 Å². The van der Waals surface area contributed by atoms with Crippen molar-refractivity contribution in [3.8, 4) is 0 Å². The average molecular weight is 226 g/mol. The fraction of sp³-hybridized carbons (Fsp3) is 0.750. The number of methoxy groups -OCH3 is 1. The molecule has 1 fully saturated rings. The van der Waals surface area contributed by atoms with Gasteiger partial charge in [-0.05, 0) is 25.7 Å². The van der Waals surface area contributed by atoms with Crippen molar-refractivity contribution in [2.45, 2.75) is 44.9 Å². The van der Waals surface area contributed by atoms with Crippen molar-refractivity contribution in [3.05, 3.63) is 0 Å². The standard InChI is InChI=1S/C12H18O4/c1-16-12(15)8-3-2-6-10(13)9-5-4-7-11(9)14/h9H,2-8H2,1H3. The quantitative estimate of drug-likeness (QED) is 0.392. The van der Waals surface area contributed by atoms with Gasteiger partial charge in [0.25, 0.3) is 0 Å². The molecule has 0 bridgehead atoms. The summed E-state index contributed by atoms with van der Waals surface area (Å²) in [5.74, 6) is -0.451. The first-order valence-electron chi connectivity index (χ1n) is 5.77. The molecule has 0 aromatic carbocycles. The second kappa shape index (κ2) is 6.40. The molecule has 1 aliphatic rings. The molecule has 16 heavy (non-hydrogen) atoms. The van der Waals surface area contributed by atoms with Crippen LogP contribution < -0.4 is 0 Å². The third kappa shape index (κ3) is 3.76. The van der Waals surface area contributed by atoms with Gasteiger partial charge in [-0.25, -0.2) is 0 Å². The zero-order valence-electron chi connectivity index (χ0n) is 9.66. The highest BCUT2D eigenvalue weighted by atomic mass is 16.5. The van der Waals surface area contributed by atoms with E-state index in [9.17, 15) is 14.4 Å². The average Bonchev–Trinajstić information content (AvgIpc) is 2.70. The Labute approximate surface area is 95.3 Å². The molecule has 4 nitrogen and oxygen atoms in total. The van der Waals surface area contributed by atoms with E-state index < -0.39 is 0 Å². The lowest BCUT2D eigenvalue weighted by atomic mass is 9.97. The van der Waals surface area contributed by atoms with Gasteiger partial charge >= 0.3 is 5.97 Å². The Balaban J connectivity index is 2.15. The number of hydrogen-bond donors (Lipinski definition) is 0. The van der Waals surface area contributed by atoms with Crippen molar-refractivity contribution >= 4 is 17.5 Å². The Morgan fingerprint density at radius 3 is 2.56 bits per heavy atom. The lowest BCUT2D eigenvalue weighted by molar-refractivity contribution is -0.141. The minimum Gasteiger partial charge on any atom is -0.469 e. The summed E-state index contributed by atoms with van der Waals surface area (Å²) in [7, 11) is 1.35. The number of rotatable bonds is 6. The van der Waals surface area contributed by atoms with Crippen molar-refractivity contribution < 1.29 is 19.1 Å². The van der Waals surface area contributed by atoms with Crippen LogP contribution in [0.2, 0.25) is 0 Å². The van der Waals surface area contributed by atoms with Crippen molar-refractivity contribution in [3.63, 3.8) is 0 Å².